The Morgan fingerprint density at radius 3 is 1.36 bits per heavy atom. The van der Waals surface area contributed by atoms with Crippen LogP contribution in [0.15, 0.2) is 0 Å². The topological polar surface area (TPSA) is 52.0 Å². The molecule has 4 N–H and O–H groups in total. The van der Waals surface area contributed by atoms with Crippen molar-refractivity contribution in [1.29, 1.82) is 0 Å². The normalized spacial score (nSPS) is 17.6. The van der Waals surface area contributed by atoms with Gasteiger partial charge in [-0.15, -0.1) is 24.7 Å². The first-order valence-electron chi connectivity index (χ1n) is 4.47. The molecule has 0 aromatic carbocycles. The lowest BCUT2D eigenvalue weighted by atomic mass is 10.0. The van der Waals surface area contributed by atoms with E-state index in [1.54, 1.807) is 0 Å². The van der Waals surface area contributed by atoms with E-state index >= 15 is 0 Å². The average molecular weight is 188 g/mol. The molecule has 4 unspecified atom stereocenters. The van der Waals surface area contributed by atoms with E-state index in [2.05, 4.69) is 23.7 Å². The van der Waals surface area contributed by atoms with Gasteiger partial charge in [-0.3, -0.25) is 0 Å². The quantitative estimate of drug-likeness (QED) is 0.607. The molecule has 0 rings (SSSR count). The lowest BCUT2D eigenvalue weighted by Gasteiger charge is -2.09. The van der Waals surface area contributed by atoms with E-state index in [0.29, 0.717) is 0 Å². The fourth-order valence-corrected chi connectivity index (χ4v) is 0.650. The van der Waals surface area contributed by atoms with Crippen molar-refractivity contribution in [3.63, 3.8) is 0 Å². The third kappa shape index (κ3) is 4.01. The summed E-state index contributed by atoms with van der Waals surface area (Å²) in [5.74, 6) is 10.5. The van der Waals surface area contributed by atoms with Crippen LogP contribution in [0, 0.1) is 48.4 Å². The van der Waals surface area contributed by atoms with E-state index in [9.17, 15) is 0 Å². The SMILES string of the molecule is C#CC(C)C(N)C#CC(N)C(C)C#C. The zero-order valence-corrected chi connectivity index (χ0v) is 8.62. The second kappa shape index (κ2) is 6.11. The van der Waals surface area contributed by atoms with Crippen LogP contribution in [0.3, 0.4) is 0 Å². The molecule has 74 valence electrons. The minimum absolute atomic E-state index is 0.0733. The molecule has 0 heterocycles. The van der Waals surface area contributed by atoms with Gasteiger partial charge in [0.05, 0.1) is 12.1 Å². The van der Waals surface area contributed by atoms with E-state index in [1.807, 2.05) is 13.8 Å². The Bertz CT molecular complexity index is 278. The maximum absolute atomic E-state index is 5.69. The molecular formula is C12H16N2. The van der Waals surface area contributed by atoms with Crippen molar-refractivity contribution in [2.45, 2.75) is 25.9 Å². The van der Waals surface area contributed by atoms with E-state index in [-0.39, 0.29) is 23.9 Å². The summed E-state index contributed by atoms with van der Waals surface area (Å²) in [5.41, 5.74) is 11.4. The van der Waals surface area contributed by atoms with Gasteiger partial charge in [-0.1, -0.05) is 11.8 Å². The van der Waals surface area contributed by atoms with Crippen molar-refractivity contribution in [3.8, 4) is 36.5 Å². The first-order valence-corrected chi connectivity index (χ1v) is 4.47. The largest absolute Gasteiger partial charge is 0.317 e. The highest BCUT2D eigenvalue weighted by molar-refractivity contribution is 5.19. The van der Waals surface area contributed by atoms with E-state index in [0.717, 1.165) is 0 Å². The van der Waals surface area contributed by atoms with Gasteiger partial charge >= 0.3 is 0 Å². The minimum Gasteiger partial charge on any atom is -0.317 e. The standard InChI is InChI=1S/C12H16N2/c1-5-9(3)11(13)7-8-12(14)10(4)6-2/h1-2,9-12H,13-14H2,3-4H3. The monoisotopic (exact) mass is 188 g/mol. The summed E-state index contributed by atoms with van der Waals surface area (Å²) in [6, 6.07) is -0.674. The summed E-state index contributed by atoms with van der Waals surface area (Å²) in [6.07, 6.45) is 10.4. The van der Waals surface area contributed by atoms with Gasteiger partial charge in [0.2, 0.25) is 0 Å². The summed E-state index contributed by atoms with van der Waals surface area (Å²) >= 11 is 0. The van der Waals surface area contributed by atoms with Crippen LogP contribution < -0.4 is 11.5 Å². The molecule has 0 bridgehead atoms. The highest BCUT2D eigenvalue weighted by Gasteiger charge is 2.08. The Labute approximate surface area is 86.4 Å². The summed E-state index contributed by atoms with van der Waals surface area (Å²) in [6.45, 7) is 3.69. The Morgan fingerprint density at radius 2 is 1.14 bits per heavy atom. The Kier molecular flexibility index (Phi) is 5.50. The van der Waals surface area contributed by atoms with Gasteiger partial charge < -0.3 is 11.5 Å². The zero-order chi connectivity index (χ0) is 11.1. The maximum atomic E-state index is 5.69. The predicted molar refractivity (Wildman–Crippen MR) is 59.7 cm³/mol. The lowest BCUT2D eigenvalue weighted by molar-refractivity contribution is 0.652. The lowest BCUT2D eigenvalue weighted by Crippen LogP contribution is -2.29. The fraction of sp³-hybridized carbons (Fsp3) is 0.500. The molecule has 0 saturated heterocycles. The molecule has 0 radical (unpaired) electrons. The van der Waals surface area contributed by atoms with Crippen molar-refractivity contribution in [2.75, 3.05) is 0 Å². The van der Waals surface area contributed by atoms with Crippen LogP contribution in [0.25, 0.3) is 0 Å². The molecule has 2 heteroatoms. The number of hydrogen-bond acceptors (Lipinski definition) is 2. The van der Waals surface area contributed by atoms with Gasteiger partial charge in [0.15, 0.2) is 0 Å². The molecule has 0 spiro atoms. The Morgan fingerprint density at radius 1 is 0.857 bits per heavy atom. The van der Waals surface area contributed by atoms with Gasteiger partial charge in [0.1, 0.15) is 0 Å². The van der Waals surface area contributed by atoms with Crippen molar-refractivity contribution < 1.29 is 0 Å². The predicted octanol–water partition coefficient (Wildman–Crippen LogP) is 0.183. The molecule has 0 aliphatic carbocycles. The molecule has 4 atom stereocenters. The van der Waals surface area contributed by atoms with Gasteiger partial charge in [-0.25, -0.2) is 0 Å². The fourth-order valence-electron chi connectivity index (χ4n) is 0.650. The second-order valence-corrected chi connectivity index (χ2v) is 3.25. The van der Waals surface area contributed by atoms with E-state index in [4.69, 9.17) is 24.3 Å². The van der Waals surface area contributed by atoms with Crippen LogP contribution in [-0.4, -0.2) is 12.1 Å². The van der Waals surface area contributed by atoms with Crippen molar-refractivity contribution in [1.82, 2.24) is 0 Å². The third-order valence-corrected chi connectivity index (χ3v) is 2.02. The molecule has 0 fully saturated rings. The molecular weight excluding hydrogens is 172 g/mol. The number of terminal acetylenes is 2. The van der Waals surface area contributed by atoms with E-state index < -0.39 is 0 Å². The Balaban J connectivity index is 4.32. The summed E-state index contributed by atoms with van der Waals surface area (Å²) < 4.78 is 0. The van der Waals surface area contributed by atoms with Crippen LogP contribution in [0.2, 0.25) is 0 Å². The molecule has 0 aliphatic rings. The average Bonchev–Trinajstić information content (AvgIpc) is 2.22. The molecule has 2 nitrogen and oxygen atoms in total. The molecule has 0 aromatic rings. The summed E-state index contributed by atoms with van der Waals surface area (Å²) in [4.78, 5) is 0. The highest BCUT2D eigenvalue weighted by Crippen LogP contribution is 1.99. The van der Waals surface area contributed by atoms with Gasteiger partial charge in [-0.2, -0.15) is 0 Å². The van der Waals surface area contributed by atoms with Gasteiger partial charge in [0.25, 0.3) is 0 Å². The zero-order valence-electron chi connectivity index (χ0n) is 8.62. The third-order valence-electron chi connectivity index (χ3n) is 2.02. The summed E-state index contributed by atoms with van der Waals surface area (Å²) in [5, 5.41) is 0. The minimum atomic E-state index is -0.337. The molecule has 0 saturated carbocycles. The van der Waals surface area contributed by atoms with Gasteiger partial charge in [-0.05, 0) is 13.8 Å². The maximum Gasteiger partial charge on any atom is 0.0801 e. The number of hydrogen-bond donors (Lipinski definition) is 2. The van der Waals surface area contributed by atoms with Crippen LogP contribution in [0.5, 0.6) is 0 Å². The van der Waals surface area contributed by atoms with E-state index in [1.165, 1.54) is 0 Å². The van der Waals surface area contributed by atoms with Crippen LogP contribution in [0.1, 0.15) is 13.8 Å². The number of nitrogens with two attached hydrogens (primary N) is 2. The first-order chi connectivity index (χ1) is 6.52. The van der Waals surface area contributed by atoms with Crippen molar-refractivity contribution >= 4 is 0 Å². The van der Waals surface area contributed by atoms with Crippen molar-refractivity contribution in [3.05, 3.63) is 0 Å². The molecule has 0 aliphatic heterocycles. The van der Waals surface area contributed by atoms with Gasteiger partial charge in [0, 0.05) is 11.8 Å². The molecule has 14 heavy (non-hydrogen) atoms. The Hall–Kier alpha value is -1.40. The first kappa shape index (κ1) is 12.6. The van der Waals surface area contributed by atoms with Crippen LogP contribution in [-0.2, 0) is 0 Å². The summed E-state index contributed by atoms with van der Waals surface area (Å²) in [7, 11) is 0. The van der Waals surface area contributed by atoms with Crippen molar-refractivity contribution in [2.24, 2.45) is 23.3 Å². The van der Waals surface area contributed by atoms with Crippen LogP contribution in [0.4, 0.5) is 0 Å². The molecule has 0 aromatic heterocycles. The smallest absolute Gasteiger partial charge is 0.0801 e. The number of rotatable bonds is 2. The second-order valence-electron chi connectivity index (χ2n) is 3.25. The highest BCUT2D eigenvalue weighted by atomic mass is 14.6. The van der Waals surface area contributed by atoms with Crippen LogP contribution >= 0.6 is 0 Å². The molecule has 0 amide bonds.